The van der Waals surface area contributed by atoms with Crippen molar-refractivity contribution < 1.29 is 10.0 Å². The monoisotopic (exact) mass is 230 g/mol. The number of thiophene rings is 1. The third-order valence-corrected chi connectivity index (χ3v) is 3.06. The number of rotatable bonds is 6. The molecule has 2 N–H and O–H groups in total. The molecule has 0 radical (unpaired) electrons. The molecule has 1 rings (SSSR count). The van der Waals surface area contributed by atoms with Crippen LogP contribution in [-0.2, 0) is 6.54 Å². The van der Waals surface area contributed by atoms with Crippen LogP contribution in [0.3, 0.4) is 0 Å². The van der Waals surface area contributed by atoms with Crippen molar-refractivity contribution in [3.8, 4) is 0 Å². The van der Waals surface area contributed by atoms with Gasteiger partial charge in [-0.05, 0) is 12.0 Å². The van der Waals surface area contributed by atoms with Crippen LogP contribution in [-0.4, -0.2) is 22.7 Å². The molecule has 5 nitrogen and oxygen atoms in total. The zero-order chi connectivity index (χ0) is 11.3. The molecular weight excluding hydrogens is 216 g/mol. The topological polar surface area (TPSA) is 75.4 Å². The molecule has 0 saturated carbocycles. The summed E-state index contributed by atoms with van der Waals surface area (Å²) in [4.78, 5) is 10.0. The molecule has 0 amide bonds. The summed E-state index contributed by atoms with van der Waals surface area (Å²) in [5.74, 6) is 0. The molecule has 1 aromatic rings. The molecule has 0 aromatic carbocycles. The van der Waals surface area contributed by atoms with Crippen molar-refractivity contribution in [1.29, 1.82) is 0 Å². The minimum absolute atomic E-state index is 0.0592. The number of nitro groups is 1. The van der Waals surface area contributed by atoms with E-state index in [0.29, 0.717) is 6.54 Å². The van der Waals surface area contributed by atoms with E-state index in [1.807, 2.05) is 6.92 Å². The van der Waals surface area contributed by atoms with Crippen LogP contribution in [0.2, 0.25) is 0 Å². The number of hydrogen-bond acceptors (Lipinski definition) is 5. The lowest BCUT2D eigenvalue weighted by Gasteiger charge is -2.12. The SMILES string of the molecule is CC[C@H](CO)NCc1csc([N+](=O)[O-])c1. The van der Waals surface area contributed by atoms with Crippen LogP contribution in [0.5, 0.6) is 0 Å². The Morgan fingerprint density at radius 3 is 2.93 bits per heavy atom. The molecule has 0 bridgehead atoms. The molecule has 0 saturated heterocycles. The van der Waals surface area contributed by atoms with Crippen LogP contribution in [0.1, 0.15) is 18.9 Å². The minimum atomic E-state index is -0.391. The van der Waals surface area contributed by atoms with Gasteiger partial charge in [0.25, 0.3) is 0 Å². The number of aliphatic hydroxyl groups is 1. The minimum Gasteiger partial charge on any atom is -0.395 e. The fraction of sp³-hybridized carbons (Fsp3) is 0.556. The van der Waals surface area contributed by atoms with E-state index < -0.39 is 4.92 Å². The van der Waals surface area contributed by atoms with Crippen molar-refractivity contribution >= 4 is 16.3 Å². The van der Waals surface area contributed by atoms with E-state index in [-0.39, 0.29) is 17.6 Å². The Morgan fingerprint density at radius 2 is 2.47 bits per heavy atom. The number of nitrogens with one attached hydrogen (secondary N) is 1. The number of nitrogens with zero attached hydrogens (tertiary/aromatic N) is 1. The highest BCUT2D eigenvalue weighted by Crippen LogP contribution is 2.22. The molecule has 0 aliphatic rings. The fourth-order valence-corrected chi connectivity index (χ4v) is 1.88. The Bertz CT molecular complexity index is 323. The van der Waals surface area contributed by atoms with Crippen molar-refractivity contribution in [3.05, 3.63) is 27.1 Å². The van der Waals surface area contributed by atoms with Crippen molar-refractivity contribution in [3.63, 3.8) is 0 Å². The van der Waals surface area contributed by atoms with Gasteiger partial charge in [0, 0.05) is 24.0 Å². The van der Waals surface area contributed by atoms with E-state index in [1.54, 1.807) is 11.4 Å². The second kappa shape index (κ2) is 5.79. The van der Waals surface area contributed by atoms with Gasteiger partial charge in [-0.3, -0.25) is 10.1 Å². The second-order valence-corrected chi connectivity index (χ2v) is 4.11. The van der Waals surface area contributed by atoms with Crippen LogP contribution in [0.4, 0.5) is 5.00 Å². The average molecular weight is 230 g/mol. The number of hydrogen-bond donors (Lipinski definition) is 2. The summed E-state index contributed by atoms with van der Waals surface area (Å²) in [5.41, 5.74) is 0.888. The first-order valence-electron chi connectivity index (χ1n) is 4.73. The van der Waals surface area contributed by atoms with Gasteiger partial charge in [-0.25, -0.2) is 0 Å². The summed E-state index contributed by atoms with van der Waals surface area (Å²) in [6.45, 7) is 2.62. The molecule has 6 heteroatoms. The van der Waals surface area contributed by atoms with E-state index in [9.17, 15) is 10.1 Å². The van der Waals surface area contributed by atoms with Crippen molar-refractivity contribution in [2.24, 2.45) is 0 Å². The lowest BCUT2D eigenvalue weighted by molar-refractivity contribution is -0.380. The maximum Gasteiger partial charge on any atom is 0.324 e. The second-order valence-electron chi connectivity index (χ2n) is 3.22. The van der Waals surface area contributed by atoms with Crippen LogP contribution in [0.15, 0.2) is 11.4 Å². The predicted octanol–water partition coefficient (Wildman–Crippen LogP) is 1.52. The summed E-state index contributed by atoms with van der Waals surface area (Å²) in [6.07, 6.45) is 0.836. The average Bonchev–Trinajstić information content (AvgIpc) is 2.68. The summed E-state index contributed by atoms with van der Waals surface area (Å²) in [7, 11) is 0. The summed E-state index contributed by atoms with van der Waals surface area (Å²) in [5, 5.41) is 24.4. The highest BCUT2D eigenvalue weighted by molar-refractivity contribution is 7.13. The van der Waals surface area contributed by atoms with E-state index >= 15 is 0 Å². The smallest absolute Gasteiger partial charge is 0.324 e. The first kappa shape index (κ1) is 12.1. The zero-order valence-electron chi connectivity index (χ0n) is 8.47. The molecule has 1 aromatic heterocycles. The molecule has 0 aliphatic heterocycles. The third kappa shape index (κ3) is 3.58. The van der Waals surface area contributed by atoms with Crippen molar-refractivity contribution in [1.82, 2.24) is 5.32 Å². The Hall–Kier alpha value is -0.980. The maximum atomic E-state index is 10.4. The van der Waals surface area contributed by atoms with Gasteiger partial charge in [-0.15, -0.1) is 0 Å². The van der Waals surface area contributed by atoms with E-state index in [2.05, 4.69) is 5.32 Å². The molecule has 0 aliphatic carbocycles. The summed E-state index contributed by atoms with van der Waals surface area (Å²) >= 11 is 1.12. The maximum absolute atomic E-state index is 10.4. The molecule has 0 spiro atoms. The molecule has 1 atom stereocenters. The van der Waals surface area contributed by atoms with Crippen molar-refractivity contribution in [2.75, 3.05) is 6.61 Å². The van der Waals surface area contributed by atoms with Gasteiger partial charge in [0.2, 0.25) is 0 Å². The lowest BCUT2D eigenvalue weighted by Crippen LogP contribution is -2.30. The molecule has 84 valence electrons. The first-order chi connectivity index (χ1) is 7.17. The van der Waals surface area contributed by atoms with E-state index in [1.165, 1.54) is 0 Å². The van der Waals surface area contributed by atoms with Gasteiger partial charge in [0.15, 0.2) is 0 Å². The van der Waals surface area contributed by atoms with E-state index in [4.69, 9.17) is 5.11 Å². The lowest BCUT2D eigenvalue weighted by atomic mass is 10.2. The van der Waals surface area contributed by atoms with Crippen LogP contribution < -0.4 is 5.32 Å². The standard InChI is InChI=1S/C9H14N2O3S/c1-2-8(5-12)10-4-7-3-9(11(13)14)15-6-7/h3,6,8,10,12H,2,4-5H2,1H3/t8-/m1/s1. The Morgan fingerprint density at radius 1 is 1.73 bits per heavy atom. The Balaban J connectivity index is 2.47. The number of aliphatic hydroxyl groups excluding tert-OH is 1. The van der Waals surface area contributed by atoms with Crippen LogP contribution >= 0.6 is 11.3 Å². The van der Waals surface area contributed by atoms with Gasteiger partial charge in [-0.1, -0.05) is 18.3 Å². The molecule has 1 heterocycles. The zero-order valence-corrected chi connectivity index (χ0v) is 9.29. The Labute approximate surface area is 91.9 Å². The normalized spacial score (nSPS) is 12.7. The van der Waals surface area contributed by atoms with Crippen molar-refractivity contribution in [2.45, 2.75) is 25.9 Å². The summed E-state index contributed by atoms with van der Waals surface area (Å²) < 4.78 is 0. The third-order valence-electron chi connectivity index (χ3n) is 2.13. The first-order valence-corrected chi connectivity index (χ1v) is 5.61. The highest BCUT2D eigenvalue weighted by Gasteiger charge is 2.10. The highest BCUT2D eigenvalue weighted by atomic mass is 32.1. The van der Waals surface area contributed by atoms with E-state index in [0.717, 1.165) is 23.3 Å². The van der Waals surface area contributed by atoms with Crippen LogP contribution in [0.25, 0.3) is 0 Å². The molecule has 0 unspecified atom stereocenters. The molecule has 0 fully saturated rings. The Kier molecular flexibility index (Phi) is 4.67. The predicted molar refractivity (Wildman–Crippen MR) is 59.0 cm³/mol. The summed E-state index contributed by atoms with van der Waals surface area (Å²) in [6, 6.07) is 1.62. The fourth-order valence-electron chi connectivity index (χ4n) is 1.15. The molecular formula is C9H14N2O3S. The largest absolute Gasteiger partial charge is 0.395 e. The quantitative estimate of drug-likeness (QED) is 0.574. The van der Waals surface area contributed by atoms with Gasteiger partial charge < -0.3 is 10.4 Å². The van der Waals surface area contributed by atoms with Gasteiger partial charge in [-0.2, -0.15) is 0 Å². The van der Waals surface area contributed by atoms with Gasteiger partial charge in [0.1, 0.15) is 0 Å². The van der Waals surface area contributed by atoms with Gasteiger partial charge >= 0.3 is 5.00 Å². The van der Waals surface area contributed by atoms with Crippen LogP contribution in [0, 0.1) is 10.1 Å². The molecule has 15 heavy (non-hydrogen) atoms. The van der Waals surface area contributed by atoms with Gasteiger partial charge in [0.05, 0.1) is 11.5 Å².